The van der Waals surface area contributed by atoms with Gasteiger partial charge in [0.25, 0.3) is 0 Å². The summed E-state index contributed by atoms with van der Waals surface area (Å²) in [6.45, 7) is 0. The number of H-pyrrole nitrogens is 1. The van der Waals surface area contributed by atoms with Crippen LogP contribution in [0.25, 0.3) is 0 Å². The lowest BCUT2D eigenvalue weighted by molar-refractivity contribution is -0.115. The summed E-state index contributed by atoms with van der Waals surface area (Å²) in [5, 5.41) is 17.1. The number of hydrogen-bond donors (Lipinski definition) is 2. The van der Waals surface area contributed by atoms with Gasteiger partial charge in [-0.05, 0) is 11.6 Å². The van der Waals surface area contributed by atoms with Crippen LogP contribution in [0.3, 0.4) is 0 Å². The van der Waals surface area contributed by atoms with Gasteiger partial charge < -0.3 is 5.32 Å². The van der Waals surface area contributed by atoms with Gasteiger partial charge in [0.05, 0.1) is 12.6 Å². The van der Waals surface area contributed by atoms with E-state index in [9.17, 15) is 13.6 Å². The number of rotatable bonds is 3. The third-order valence-corrected chi connectivity index (χ3v) is 2.39. The molecule has 1 aromatic carbocycles. The number of benzene rings is 1. The Morgan fingerprint density at radius 3 is 2.95 bits per heavy atom. The first-order valence-electron chi connectivity index (χ1n) is 5.27. The molecule has 0 atom stereocenters. The summed E-state index contributed by atoms with van der Waals surface area (Å²) in [6, 6.07) is 4.81. The van der Waals surface area contributed by atoms with E-state index in [2.05, 4.69) is 15.5 Å². The number of aromatic nitrogens is 2. The van der Waals surface area contributed by atoms with Crippen LogP contribution in [0.15, 0.2) is 24.4 Å². The third-order valence-electron chi connectivity index (χ3n) is 2.39. The predicted octanol–water partition coefficient (Wildman–Crippen LogP) is 1.74. The molecule has 1 heterocycles. The normalized spacial score (nSPS) is 9.95. The van der Waals surface area contributed by atoms with Crippen LogP contribution >= 0.6 is 0 Å². The minimum absolute atomic E-state index is 0.0666. The van der Waals surface area contributed by atoms with Crippen molar-refractivity contribution in [3.63, 3.8) is 0 Å². The smallest absolute Gasteiger partial charge is 0.230 e. The summed E-state index contributed by atoms with van der Waals surface area (Å²) >= 11 is 0. The van der Waals surface area contributed by atoms with Crippen molar-refractivity contribution < 1.29 is 13.6 Å². The largest absolute Gasteiger partial charge is 0.310 e. The number of carbonyl (C=O) groups is 1. The quantitative estimate of drug-likeness (QED) is 0.883. The molecule has 0 bridgehead atoms. The number of carbonyl (C=O) groups excluding carboxylic acids is 1. The fraction of sp³-hybridized carbons (Fsp3) is 0.0833. The average molecular weight is 262 g/mol. The summed E-state index contributed by atoms with van der Waals surface area (Å²) in [7, 11) is 0. The summed E-state index contributed by atoms with van der Waals surface area (Å²) in [6.07, 6.45) is 0.990. The zero-order valence-electron chi connectivity index (χ0n) is 9.58. The highest BCUT2D eigenvalue weighted by atomic mass is 19.1. The third kappa shape index (κ3) is 2.93. The fourth-order valence-electron chi connectivity index (χ4n) is 1.49. The van der Waals surface area contributed by atoms with Gasteiger partial charge in [0.15, 0.2) is 0 Å². The Kier molecular flexibility index (Phi) is 3.52. The summed E-state index contributed by atoms with van der Waals surface area (Å²) < 4.78 is 26.0. The molecule has 1 amide bonds. The molecule has 2 aromatic rings. The number of nitriles is 1. The van der Waals surface area contributed by atoms with Crippen LogP contribution in [0.4, 0.5) is 14.6 Å². The van der Waals surface area contributed by atoms with Crippen molar-refractivity contribution in [2.45, 2.75) is 6.42 Å². The molecule has 0 aliphatic heterocycles. The highest BCUT2D eigenvalue weighted by molar-refractivity contribution is 5.92. The number of nitrogens with one attached hydrogen (secondary N) is 2. The molecule has 5 nitrogen and oxygen atoms in total. The van der Waals surface area contributed by atoms with Crippen LogP contribution in [0, 0.1) is 23.0 Å². The Labute approximate surface area is 106 Å². The minimum atomic E-state index is -0.791. The topological polar surface area (TPSA) is 81.6 Å². The first kappa shape index (κ1) is 12.7. The summed E-state index contributed by atoms with van der Waals surface area (Å²) in [5.74, 6) is -1.89. The van der Waals surface area contributed by atoms with Crippen LogP contribution in [0.1, 0.15) is 11.1 Å². The lowest BCUT2D eigenvalue weighted by Gasteiger charge is -2.04. The maximum Gasteiger partial charge on any atom is 0.230 e. The molecule has 19 heavy (non-hydrogen) atoms. The maximum absolute atomic E-state index is 13.3. The van der Waals surface area contributed by atoms with Crippen LogP contribution in [-0.2, 0) is 11.2 Å². The van der Waals surface area contributed by atoms with E-state index in [0.29, 0.717) is 6.07 Å². The number of anilines is 1. The van der Waals surface area contributed by atoms with Crippen LogP contribution in [0.5, 0.6) is 0 Å². The molecule has 0 saturated heterocycles. The van der Waals surface area contributed by atoms with E-state index in [4.69, 9.17) is 5.26 Å². The minimum Gasteiger partial charge on any atom is -0.310 e. The lowest BCUT2D eigenvalue weighted by atomic mass is 10.1. The van der Waals surface area contributed by atoms with Crippen molar-refractivity contribution in [3.05, 3.63) is 47.2 Å². The van der Waals surface area contributed by atoms with Gasteiger partial charge in [-0.3, -0.25) is 9.89 Å². The van der Waals surface area contributed by atoms with E-state index in [1.54, 1.807) is 0 Å². The Bertz CT molecular complexity index is 660. The Hall–Kier alpha value is -2.75. The molecule has 0 fully saturated rings. The van der Waals surface area contributed by atoms with Crippen LogP contribution < -0.4 is 5.32 Å². The van der Waals surface area contributed by atoms with E-state index in [0.717, 1.165) is 6.07 Å². The van der Waals surface area contributed by atoms with E-state index >= 15 is 0 Å². The SMILES string of the molecule is N#Cc1cn[nH]c1NC(=O)Cc1ccc(F)cc1F. The van der Waals surface area contributed by atoms with Gasteiger partial charge >= 0.3 is 0 Å². The second-order valence-electron chi connectivity index (χ2n) is 3.73. The number of nitrogens with zero attached hydrogens (tertiary/aromatic N) is 2. The molecule has 2 N–H and O–H groups in total. The Morgan fingerprint density at radius 2 is 2.26 bits per heavy atom. The Balaban J connectivity index is 2.08. The molecule has 0 radical (unpaired) electrons. The first-order valence-corrected chi connectivity index (χ1v) is 5.27. The van der Waals surface area contributed by atoms with Crippen molar-refractivity contribution in [1.82, 2.24) is 10.2 Å². The molecule has 0 aliphatic carbocycles. The highest BCUT2D eigenvalue weighted by Gasteiger charge is 2.12. The van der Waals surface area contributed by atoms with E-state index < -0.39 is 17.5 Å². The monoisotopic (exact) mass is 262 g/mol. The zero-order valence-corrected chi connectivity index (χ0v) is 9.58. The van der Waals surface area contributed by atoms with Crippen molar-refractivity contribution in [1.29, 1.82) is 5.26 Å². The van der Waals surface area contributed by atoms with Gasteiger partial charge in [0.1, 0.15) is 29.1 Å². The zero-order chi connectivity index (χ0) is 13.8. The maximum atomic E-state index is 13.3. The molecule has 0 spiro atoms. The number of halogens is 2. The molecule has 0 aliphatic rings. The second kappa shape index (κ2) is 5.27. The number of hydrogen-bond acceptors (Lipinski definition) is 3. The van der Waals surface area contributed by atoms with E-state index in [-0.39, 0.29) is 23.4 Å². The molecule has 96 valence electrons. The Morgan fingerprint density at radius 1 is 1.47 bits per heavy atom. The van der Waals surface area contributed by atoms with E-state index in [1.165, 1.54) is 12.3 Å². The van der Waals surface area contributed by atoms with Gasteiger partial charge in [-0.1, -0.05) is 6.07 Å². The van der Waals surface area contributed by atoms with Crippen molar-refractivity contribution in [2.75, 3.05) is 5.32 Å². The lowest BCUT2D eigenvalue weighted by Crippen LogP contribution is -2.16. The van der Waals surface area contributed by atoms with Crippen LogP contribution in [-0.4, -0.2) is 16.1 Å². The predicted molar refractivity (Wildman–Crippen MR) is 62.0 cm³/mol. The molecular formula is C12H8F2N4O. The molecular weight excluding hydrogens is 254 g/mol. The van der Waals surface area contributed by atoms with Gasteiger partial charge in [-0.25, -0.2) is 8.78 Å². The van der Waals surface area contributed by atoms with Crippen LogP contribution in [0.2, 0.25) is 0 Å². The van der Waals surface area contributed by atoms with Crippen molar-refractivity contribution >= 4 is 11.7 Å². The molecule has 1 aromatic heterocycles. The highest BCUT2D eigenvalue weighted by Crippen LogP contribution is 2.13. The number of amides is 1. The van der Waals surface area contributed by atoms with Crippen molar-refractivity contribution in [2.24, 2.45) is 0 Å². The molecule has 2 rings (SSSR count). The van der Waals surface area contributed by atoms with Gasteiger partial charge in [0.2, 0.25) is 5.91 Å². The molecule has 7 heteroatoms. The second-order valence-corrected chi connectivity index (χ2v) is 3.73. The average Bonchev–Trinajstić information content (AvgIpc) is 2.80. The fourth-order valence-corrected chi connectivity index (χ4v) is 1.49. The molecule has 0 unspecified atom stereocenters. The number of aromatic amines is 1. The summed E-state index contributed by atoms with van der Waals surface area (Å²) in [4.78, 5) is 11.7. The van der Waals surface area contributed by atoms with Gasteiger partial charge in [0, 0.05) is 6.07 Å². The van der Waals surface area contributed by atoms with Crippen molar-refractivity contribution in [3.8, 4) is 6.07 Å². The first-order chi connectivity index (χ1) is 9.10. The van der Waals surface area contributed by atoms with Gasteiger partial charge in [-0.2, -0.15) is 10.4 Å². The van der Waals surface area contributed by atoms with Gasteiger partial charge in [-0.15, -0.1) is 0 Å². The van der Waals surface area contributed by atoms with E-state index in [1.807, 2.05) is 6.07 Å². The molecule has 0 saturated carbocycles. The standard InChI is InChI=1S/C12H8F2N4O/c13-9-2-1-7(10(14)4-9)3-11(19)17-12-8(5-15)6-16-18-12/h1-2,4,6H,3H2,(H2,16,17,18,19). The summed E-state index contributed by atoms with van der Waals surface area (Å²) in [5.41, 5.74) is 0.241.